The molecule has 5 rings (SSSR count). The van der Waals surface area contributed by atoms with Crippen LogP contribution in [0.3, 0.4) is 0 Å². The topological polar surface area (TPSA) is 57.2 Å². The summed E-state index contributed by atoms with van der Waals surface area (Å²) in [5, 5.41) is 0. The van der Waals surface area contributed by atoms with Gasteiger partial charge in [0, 0.05) is 6.54 Å². The molecular formula is C34H31F7NO5P. The van der Waals surface area contributed by atoms with Crippen LogP contribution in [0, 0.1) is 5.82 Å². The standard InChI is InChI=1S/C34H31F7NO5P/c1-23(27-18-28(33(36,37)38)20-29(19-27)34(39,40)41)47-32-31(26-12-14-30(35)15-13-26)42(16-17-44-32)48(43,45-21-24-8-4-2-5-9-24)46-22-25-10-6-3-7-11-25/h2-15,18-20,23,31-32H,16-17,21-22H2,1H3/t23-,31+,32-/m1/s1. The minimum Gasteiger partial charge on any atom is -0.349 e. The van der Waals surface area contributed by atoms with E-state index < -0.39 is 61.0 Å². The summed E-state index contributed by atoms with van der Waals surface area (Å²) < 4.78 is 136. The average molecular weight is 698 g/mol. The van der Waals surface area contributed by atoms with Crippen molar-refractivity contribution in [2.45, 2.75) is 50.9 Å². The molecule has 0 amide bonds. The van der Waals surface area contributed by atoms with Gasteiger partial charge in [0.05, 0.1) is 43.1 Å². The van der Waals surface area contributed by atoms with Crippen LogP contribution in [0.2, 0.25) is 0 Å². The van der Waals surface area contributed by atoms with E-state index in [0.29, 0.717) is 28.8 Å². The molecular weight excluding hydrogens is 666 g/mol. The van der Waals surface area contributed by atoms with Gasteiger partial charge >= 0.3 is 20.1 Å². The van der Waals surface area contributed by atoms with Gasteiger partial charge in [-0.05, 0) is 59.5 Å². The maximum absolute atomic E-state index is 14.8. The largest absolute Gasteiger partial charge is 0.416 e. The molecule has 1 saturated heterocycles. The number of rotatable bonds is 11. The van der Waals surface area contributed by atoms with Crippen molar-refractivity contribution in [3.8, 4) is 0 Å². The lowest BCUT2D eigenvalue weighted by Gasteiger charge is -2.43. The van der Waals surface area contributed by atoms with E-state index in [9.17, 15) is 35.3 Å². The zero-order chi connectivity index (χ0) is 34.5. The fraction of sp³-hybridized carbons (Fsp3) is 0.294. The van der Waals surface area contributed by atoms with Crippen LogP contribution in [-0.2, 0) is 48.7 Å². The van der Waals surface area contributed by atoms with Gasteiger partial charge < -0.3 is 9.47 Å². The Morgan fingerprint density at radius 2 is 1.29 bits per heavy atom. The van der Waals surface area contributed by atoms with Gasteiger partial charge in [-0.15, -0.1) is 0 Å². The summed E-state index contributed by atoms with van der Waals surface area (Å²) in [6.45, 7) is 0.842. The number of hydrogen-bond donors (Lipinski definition) is 0. The molecule has 48 heavy (non-hydrogen) atoms. The third-order valence-corrected chi connectivity index (χ3v) is 9.59. The molecule has 1 fully saturated rings. The van der Waals surface area contributed by atoms with E-state index in [1.165, 1.54) is 23.7 Å². The van der Waals surface area contributed by atoms with Crippen LogP contribution >= 0.6 is 7.75 Å². The second kappa shape index (κ2) is 14.9. The molecule has 0 spiro atoms. The first-order chi connectivity index (χ1) is 22.7. The number of nitrogens with zero attached hydrogens (tertiary/aromatic N) is 1. The molecule has 0 radical (unpaired) electrons. The van der Waals surface area contributed by atoms with Crippen LogP contribution in [0.1, 0.15) is 52.5 Å². The Kier molecular flexibility index (Phi) is 11.1. The van der Waals surface area contributed by atoms with Gasteiger partial charge in [0.2, 0.25) is 0 Å². The van der Waals surface area contributed by atoms with E-state index in [1.54, 1.807) is 60.7 Å². The van der Waals surface area contributed by atoms with Crippen LogP contribution in [0.15, 0.2) is 103 Å². The molecule has 4 aromatic rings. The molecule has 0 aliphatic carbocycles. The second-order valence-electron chi connectivity index (χ2n) is 11.0. The van der Waals surface area contributed by atoms with Gasteiger partial charge in [-0.1, -0.05) is 72.8 Å². The first-order valence-electron chi connectivity index (χ1n) is 14.8. The smallest absolute Gasteiger partial charge is 0.349 e. The molecule has 0 N–H and O–H groups in total. The van der Waals surface area contributed by atoms with Gasteiger partial charge in [0.25, 0.3) is 0 Å². The van der Waals surface area contributed by atoms with Crippen molar-refractivity contribution in [1.29, 1.82) is 0 Å². The zero-order valence-electron chi connectivity index (χ0n) is 25.5. The SMILES string of the molecule is C[C@@H](O[C@H]1OCCN(P(=O)(OCc2ccccc2)OCc2ccccc2)[C@H]1c1ccc(F)cc1)c1cc(C(F)(F)F)cc(C(F)(F)F)c1. The molecule has 3 atom stereocenters. The highest BCUT2D eigenvalue weighted by Crippen LogP contribution is 2.59. The van der Waals surface area contributed by atoms with E-state index >= 15 is 0 Å². The summed E-state index contributed by atoms with van der Waals surface area (Å²) in [6.07, 6.45) is -12.9. The Bertz CT molecular complexity index is 1610. The Labute approximate surface area is 272 Å². The molecule has 1 aliphatic heterocycles. The highest BCUT2D eigenvalue weighted by molar-refractivity contribution is 7.51. The Morgan fingerprint density at radius 3 is 1.77 bits per heavy atom. The number of halogens is 7. The first kappa shape index (κ1) is 35.7. The zero-order valence-corrected chi connectivity index (χ0v) is 26.4. The number of alkyl halides is 6. The van der Waals surface area contributed by atoms with Crippen LogP contribution in [0.4, 0.5) is 30.7 Å². The van der Waals surface area contributed by atoms with Crippen molar-refractivity contribution < 1.29 is 53.8 Å². The van der Waals surface area contributed by atoms with E-state index in [0.717, 1.165) is 12.1 Å². The monoisotopic (exact) mass is 697 g/mol. The Morgan fingerprint density at radius 1 is 0.792 bits per heavy atom. The third kappa shape index (κ3) is 8.90. The predicted octanol–water partition coefficient (Wildman–Crippen LogP) is 9.88. The van der Waals surface area contributed by atoms with Gasteiger partial charge in [-0.25, -0.2) is 8.96 Å². The minimum absolute atomic E-state index is 0.0286. The highest BCUT2D eigenvalue weighted by Gasteiger charge is 2.47. The molecule has 0 aromatic heterocycles. The van der Waals surface area contributed by atoms with Crippen molar-refractivity contribution >= 4 is 7.75 Å². The van der Waals surface area contributed by atoms with E-state index in [-0.39, 0.29) is 32.4 Å². The molecule has 1 heterocycles. The van der Waals surface area contributed by atoms with Gasteiger partial charge in [-0.2, -0.15) is 31.0 Å². The maximum Gasteiger partial charge on any atom is 0.416 e. The first-order valence-corrected chi connectivity index (χ1v) is 16.3. The summed E-state index contributed by atoms with van der Waals surface area (Å²) in [5.41, 5.74) is -1.74. The molecule has 0 unspecified atom stereocenters. The van der Waals surface area contributed by atoms with Gasteiger partial charge in [0.15, 0.2) is 6.29 Å². The van der Waals surface area contributed by atoms with E-state index in [4.69, 9.17) is 18.5 Å². The van der Waals surface area contributed by atoms with E-state index in [1.807, 2.05) is 0 Å². The Balaban J connectivity index is 1.52. The number of hydrogen-bond acceptors (Lipinski definition) is 5. The number of morpholine rings is 1. The molecule has 4 aromatic carbocycles. The summed E-state index contributed by atoms with van der Waals surface area (Å²) in [5.74, 6) is -0.583. The third-order valence-electron chi connectivity index (χ3n) is 7.60. The lowest BCUT2D eigenvalue weighted by Crippen LogP contribution is -2.45. The minimum atomic E-state index is -5.07. The van der Waals surface area contributed by atoms with Crippen molar-refractivity contribution in [3.05, 3.63) is 142 Å². The molecule has 256 valence electrons. The van der Waals surface area contributed by atoms with Crippen LogP contribution in [0.5, 0.6) is 0 Å². The normalized spacial score (nSPS) is 18.5. The second-order valence-corrected chi connectivity index (χ2v) is 13.0. The van der Waals surface area contributed by atoms with Crippen LogP contribution < -0.4 is 0 Å². The molecule has 6 nitrogen and oxygen atoms in total. The fourth-order valence-electron chi connectivity index (χ4n) is 5.15. The Hall–Kier alpha value is -3.58. The number of benzene rings is 4. The molecule has 14 heteroatoms. The quantitative estimate of drug-likeness (QED) is 0.115. The van der Waals surface area contributed by atoms with Crippen molar-refractivity contribution in [2.24, 2.45) is 0 Å². The van der Waals surface area contributed by atoms with Gasteiger partial charge in [0.1, 0.15) is 5.82 Å². The maximum atomic E-state index is 14.8. The molecule has 0 saturated carbocycles. The number of ether oxygens (including phenoxy) is 2. The van der Waals surface area contributed by atoms with Crippen molar-refractivity contribution in [2.75, 3.05) is 13.2 Å². The summed E-state index contributed by atoms with van der Waals surface area (Å²) in [7, 11) is -4.29. The van der Waals surface area contributed by atoms with E-state index in [2.05, 4.69) is 0 Å². The summed E-state index contributed by atoms with van der Waals surface area (Å²) in [6, 6.07) is 22.8. The summed E-state index contributed by atoms with van der Waals surface area (Å²) >= 11 is 0. The molecule has 1 aliphatic rings. The fourth-order valence-corrected chi connectivity index (χ4v) is 7.02. The average Bonchev–Trinajstić information content (AvgIpc) is 3.07. The highest BCUT2D eigenvalue weighted by atomic mass is 31.2. The molecule has 0 bridgehead atoms. The van der Waals surface area contributed by atoms with Crippen molar-refractivity contribution in [3.63, 3.8) is 0 Å². The van der Waals surface area contributed by atoms with Gasteiger partial charge in [-0.3, -0.25) is 9.05 Å². The van der Waals surface area contributed by atoms with Crippen LogP contribution in [0.25, 0.3) is 0 Å². The van der Waals surface area contributed by atoms with Crippen LogP contribution in [-0.4, -0.2) is 24.1 Å². The predicted molar refractivity (Wildman–Crippen MR) is 162 cm³/mol. The summed E-state index contributed by atoms with van der Waals surface area (Å²) in [4.78, 5) is 0. The van der Waals surface area contributed by atoms with Crippen molar-refractivity contribution in [1.82, 2.24) is 4.67 Å². The lowest BCUT2D eigenvalue weighted by atomic mass is 10.0. The lowest BCUT2D eigenvalue weighted by molar-refractivity contribution is -0.220.